The molecule has 0 fully saturated rings. The first-order valence-corrected chi connectivity index (χ1v) is 6.59. The fourth-order valence-electron chi connectivity index (χ4n) is 1.16. The summed E-state index contributed by atoms with van der Waals surface area (Å²) in [4.78, 5) is 0. The van der Waals surface area contributed by atoms with E-state index >= 15 is 0 Å². The first-order valence-electron chi connectivity index (χ1n) is 5.07. The highest BCUT2D eigenvalue weighted by molar-refractivity contribution is 6.61. The Morgan fingerprint density at radius 3 is 2.06 bits per heavy atom. The first-order chi connectivity index (χ1) is 8.28. The molecule has 102 valence electrons. The van der Waals surface area contributed by atoms with Crippen molar-refractivity contribution in [3.63, 3.8) is 0 Å². The van der Waals surface area contributed by atoms with Crippen molar-refractivity contribution in [1.29, 1.82) is 0 Å². The molecule has 0 N–H and O–H groups in total. The van der Waals surface area contributed by atoms with Crippen molar-refractivity contribution in [3.8, 4) is 0 Å². The Morgan fingerprint density at radius 1 is 1.06 bits per heavy atom. The van der Waals surface area contributed by atoms with Crippen LogP contribution in [-0.2, 0) is 8.85 Å². The second kappa shape index (κ2) is 5.76. The van der Waals surface area contributed by atoms with Crippen LogP contribution < -0.4 is 5.19 Å². The van der Waals surface area contributed by atoms with E-state index in [1.807, 2.05) is 0 Å². The largest absolute Gasteiger partial charge is 0.481 e. The van der Waals surface area contributed by atoms with Crippen LogP contribution in [0.2, 0.25) is 0 Å². The molecule has 0 aromatic heterocycles. The van der Waals surface area contributed by atoms with E-state index in [0.717, 1.165) is 0 Å². The van der Waals surface area contributed by atoms with Crippen LogP contribution in [0, 0.1) is 0 Å². The molecule has 0 saturated carbocycles. The maximum Gasteiger partial charge on any atom is 0.481 e. The second-order valence-corrected chi connectivity index (χ2v) is 5.23. The molecular formula is C10H11F5O2Si. The number of benzene rings is 1. The van der Waals surface area contributed by atoms with Gasteiger partial charge in [0, 0.05) is 6.61 Å². The molecule has 1 unspecified atom stereocenters. The highest BCUT2D eigenvalue weighted by Gasteiger charge is 2.60. The summed E-state index contributed by atoms with van der Waals surface area (Å²) in [5.41, 5.74) is 0. The van der Waals surface area contributed by atoms with E-state index in [0.29, 0.717) is 0 Å². The number of hydrogen-bond donors (Lipinski definition) is 0. The monoisotopic (exact) mass is 286 g/mol. The second-order valence-electron chi connectivity index (χ2n) is 3.33. The van der Waals surface area contributed by atoms with E-state index in [-0.39, 0.29) is 11.8 Å². The maximum absolute atomic E-state index is 12.8. The zero-order chi connectivity index (χ0) is 13.8. The van der Waals surface area contributed by atoms with Crippen molar-refractivity contribution in [2.75, 3.05) is 6.61 Å². The summed E-state index contributed by atoms with van der Waals surface area (Å²) in [5, 5.41) is 0.225. The lowest BCUT2D eigenvalue weighted by Gasteiger charge is -2.24. The highest BCUT2D eigenvalue weighted by Crippen LogP contribution is 2.36. The SMILES string of the molecule is CCO[SiH](OC(F)(F)C(F)(F)F)c1ccccc1. The van der Waals surface area contributed by atoms with Gasteiger partial charge in [0.2, 0.25) is 0 Å². The van der Waals surface area contributed by atoms with Gasteiger partial charge in [0.1, 0.15) is 0 Å². The van der Waals surface area contributed by atoms with Gasteiger partial charge in [-0.3, -0.25) is 0 Å². The topological polar surface area (TPSA) is 18.5 Å². The zero-order valence-electron chi connectivity index (χ0n) is 9.38. The Balaban J connectivity index is 2.88. The summed E-state index contributed by atoms with van der Waals surface area (Å²) in [5.74, 6) is 0. The molecule has 1 atom stereocenters. The summed E-state index contributed by atoms with van der Waals surface area (Å²) >= 11 is 0. The predicted molar refractivity (Wildman–Crippen MR) is 56.9 cm³/mol. The molecule has 0 aliphatic rings. The predicted octanol–water partition coefficient (Wildman–Crippen LogP) is 2.32. The molecule has 0 saturated heterocycles. The van der Waals surface area contributed by atoms with Gasteiger partial charge < -0.3 is 8.85 Å². The summed E-state index contributed by atoms with van der Waals surface area (Å²) in [6.45, 7) is 1.50. The molecule has 8 heteroatoms. The first kappa shape index (κ1) is 15.1. The quantitative estimate of drug-likeness (QED) is 0.611. The van der Waals surface area contributed by atoms with Crippen molar-refractivity contribution in [1.82, 2.24) is 0 Å². The Kier molecular flexibility index (Phi) is 4.82. The van der Waals surface area contributed by atoms with Crippen LogP contribution in [0.3, 0.4) is 0 Å². The van der Waals surface area contributed by atoms with E-state index in [4.69, 9.17) is 4.43 Å². The van der Waals surface area contributed by atoms with Gasteiger partial charge in [-0.05, 0) is 12.1 Å². The minimum atomic E-state index is -5.75. The van der Waals surface area contributed by atoms with Crippen LogP contribution in [0.25, 0.3) is 0 Å². The molecule has 1 aromatic rings. The summed E-state index contributed by atoms with van der Waals surface area (Å²) in [6, 6.07) is 7.45. The minimum absolute atomic E-state index is 0.000277. The Labute approximate surface area is 102 Å². The molecule has 0 bridgehead atoms. The van der Waals surface area contributed by atoms with Crippen LogP contribution >= 0.6 is 0 Å². The van der Waals surface area contributed by atoms with Crippen molar-refractivity contribution in [2.24, 2.45) is 0 Å². The highest BCUT2D eigenvalue weighted by atomic mass is 28.3. The van der Waals surface area contributed by atoms with Crippen molar-refractivity contribution in [2.45, 2.75) is 19.2 Å². The molecule has 0 aliphatic heterocycles. The van der Waals surface area contributed by atoms with E-state index in [2.05, 4.69) is 4.43 Å². The van der Waals surface area contributed by atoms with Crippen LogP contribution in [0.4, 0.5) is 22.0 Å². The van der Waals surface area contributed by atoms with Gasteiger partial charge in [-0.2, -0.15) is 22.0 Å². The Morgan fingerprint density at radius 2 is 1.61 bits per heavy atom. The van der Waals surface area contributed by atoms with Crippen molar-refractivity contribution >= 4 is 14.5 Å². The van der Waals surface area contributed by atoms with E-state index < -0.39 is 21.6 Å². The van der Waals surface area contributed by atoms with Crippen molar-refractivity contribution < 1.29 is 30.8 Å². The van der Waals surface area contributed by atoms with E-state index in [9.17, 15) is 22.0 Å². The van der Waals surface area contributed by atoms with Crippen LogP contribution in [0.1, 0.15) is 6.92 Å². The molecule has 18 heavy (non-hydrogen) atoms. The lowest BCUT2D eigenvalue weighted by molar-refractivity contribution is -0.365. The summed E-state index contributed by atoms with van der Waals surface area (Å²) in [7, 11) is -3.29. The average molecular weight is 286 g/mol. The molecule has 0 amide bonds. The Bertz CT molecular complexity index is 368. The zero-order valence-corrected chi connectivity index (χ0v) is 10.5. The third-order valence-corrected chi connectivity index (χ3v) is 4.05. The van der Waals surface area contributed by atoms with Crippen molar-refractivity contribution in [3.05, 3.63) is 30.3 Å². The van der Waals surface area contributed by atoms with Gasteiger partial charge in [0.15, 0.2) is 0 Å². The number of alkyl halides is 5. The third-order valence-electron chi connectivity index (χ3n) is 1.97. The van der Waals surface area contributed by atoms with Crippen LogP contribution in [-0.4, -0.2) is 28.2 Å². The van der Waals surface area contributed by atoms with E-state index in [1.54, 1.807) is 6.07 Å². The van der Waals surface area contributed by atoms with Crippen LogP contribution in [0.5, 0.6) is 0 Å². The molecule has 2 nitrogen and oxygen atoms in total. The normalized spacial score (nSPS) is 14.6. The number of hydrogen-bond acceptors (Lipinski definition) is 2. The fraction of sp³-hybridized carbons (Fsp3) is 0.400. The van der Waals surface area contributed by atoms with E-state index in [1.165, 1.54) is 31.2 Å². The third kappa shape index (κ3) is 3.75. The molecule has 0 aliphatic carbocycles. The van der Waals surface area contributed by atoms with Gasteiger partial charge in [0.25, 0.3) is 0 Å². The fourth-order valence-corrected chi connectivity index (χ4v) is 2.80. The molecule has 0 radical (unpaired) electrons. The molecular weight excluding hydrogens is 275 g/mol. The standard InChI is InChI=1S/C10H11F5O2Si/c1-2-16-18(8-6-4-3-5-7-8)17-10(14,15)9(11,12)13/h3-7,18H,2H2,1H3. The van der Waals surface area contributed by atoms with Gasteiger partial charge in [0.05, 0.1) is 0 Å². The summed E-state index contributed by atoms with van der Waals surface area (Å²) in [6.07, 6.45) is -10.9. The van der Waals surface area contributed by atoms with Gasteiger partial charge in [-0.15, -0.1) is 0 Å². The lowest BCUT2D eigenvalue weighted by Crippen LogP contribution is -2.49. The number of rotatable bonds is 5. The molecule has 1 aromatic carbocycles. The average Bonchev–Trinajstić information content (AvgIpc) is 2.28. The van der Waals surface area contributed by atoms with Gasteiger partial charge >= 0.3 is 21.6 Å². The van der Waals surface area contributed by atoms with Crippen LogP contribution in [0.15, 0.2) is 30.3 Å². The van der Waals surface area contributed by atoms with Gasteiger partial charge in [-0.1, -0.05) is 30.3 Å². The lowest BCUT2D eigenvalue weighted by atomic mass is 10.4. The molecule has 1 rings (SSSR count). The molecule has 0 heterocycles. The summed E-state index contributed by atoms with van der Waals surface area (Å²) < 4.78 is 70.5. The van der Waals surface area contributed by atoms with Gasteiger partial charge in [-0.25, -0.2) is 0 Å². The minimum Gasteiger partial charge on any atom is -0.393 e. The molecule has 0 spiro atoms. The smallest absolute Gasteiger partial charge is 0.393 e. The number of halogens is 5. The Hall–Kier alpha value is -0.993. The maximum atomic E-state index is 12.8.